The molecule has 0 saturated carbocycles. The molecule has 0 aromatic carbocycles. The summed E-state index contributed by atoms with van der Waals surface area (Å²) in [5.41, 5.74) is 0.0409. The summed E-state index contributed by atoms with van der Waals surface area (Å²) in [5.74, 6) is -1.66. The zero-order valence-corrected chi connectivity index (χ0v) is 11.2. The molecule has 1 fully saturated rings. The fourth-order valence-corrected chi connectivity index (χ4v) is 3.81. The first kappa shape index (κ1) is 15.3. The molecule has 1 aliphatic heterocycles. The van der Waals surface area contributed by atoms with Crippen LogP contribution in [0.2, 0.25) is 0 Å². The molecule has 114 valence electrons. The molecule has 10 heteroatoms. The van der Waals surface area contributed by atoms with Crippen molar-refractivity contribution in [3.05, 3.63) is 11.8 Å². The lowest BCUT2D eigenvalue weighted by atomic mass is 9.99. The van der Waals surface area contributed by atoms with Crippen molar-refractivity contribution in [2.24, 2.45) is 5.92 Å². The van der Waals surface area contributed by atoms with Crippen molar-refractivity contribution in [3.8, 4) is 0 Å². The molecule has 1 aliphatic rings. The Balaban J connectivity index is 2.26. The van der Waals surface area contributed by atoms with E-state index in [0.29, 0.717) is 0 Å². The van der Waals surface area contributed by atoms with Crippen LogP contribution in [-0.4, -0.2) is 47.3 Å². The van der Waals surface area contributed by atoms with Gasteiger partial charge in [-0.3, -0.25) is 5.10 Å². The van der Waals surface area contributed by atoms with Crippen molar-refractivity contribution < 1.29 is 26.7 Å². The molecule has 0 amide bonds. The van der Waals surface area contributed by atoms with Gasteiger partial charge in [0.05, 0.1) is 18.7 Å². The summed E-state index contributed by atoms with van der Waals surface area (Å²) in [6.45, 7) is -1.13. The third-order valence-electron chi connectivity index (χ3n) is 3.29. The maximum atomic E-state index is 12.7. The van der Waals surface area contributed by atoms with Crippen LogP contribution < -0.4 is 0 Å². The second kappa shape index (κ2) is 5.34. The molecular weight excluding hydrogens is 299 g/mol. The minimum atomic E-state index is -4.41. The Bertz CT molecular complexity index is 570. The van der Waals surface area contributed by atoms with Gasteiger partial charge in [0.1, 0.15) is 0 Å². The van der Waals surface area contributed by atoms with E-state index in [0.717, 1.165) is 10.5 Å². The van der Waals surface area contributed by atoms with E-state index in [4.69, 9.17) is 5.11 Å². The van der Waals surface area contributed by atoms with Gasteiger partial charge < -0.3 is 5.11 Å². The number of piperidine rings is 1. The number of aliphatic hydroxyl groups is 1. The third kappa shape index (κ3) is 2.81. The van der Waals surface area contributed by atoms with E-state index in [1.807, 2.05) is 0 Å². The van der Waals surface area contributed by atoms with Crippen LogP contribution >= 0.6 is 0 Å². The minimum Gasteiger partial charge on any atom is -0.392 e. The van der Waals surface area contributed by atoms with E-state index >= 15 is 0 Å². The Kier molecular flexibility index (Phi) is 4.07. The Morgan fingerprint density at radius 2 is 2.20 bits per heavy atom. The third-order valence-corrected chi connectivity index (χ3v) is 5.17. The number of nitrogens with zero attached hydrogens (tertiary/aromatic N) is 2. The second-order valence-corrected chi connectivity index (χ2v) is 6.50. The number of sulfonamides is 1. The molecule has 20 heavy (non-hydrogen) atoms. The summed E-state index contributed by atoms with van der Waals surface area (Å²) in [6.07, 6.45) is -3.21. The number of aliphatic hydroxyl groups excluding tert-OH is 1. The van der Waals surface area contributed by atoms with Gasteiger partial charge in [0.15, 0.2) is 5.03 Å². The fourth-order valence-electron chi connectivity index (χ4n) is 2.19. The molecule has 1 atom stereocenters. The molecule has 2 heterocycles. The number of aromatic amines is 1. The number of aromatic nitrogens is 2. The zero-order chi connectivity index (χ0) is 15.0. The summed E-state index contributed by atoms with van der Waals surface area (Å²) in [5, 5.41) is 14.4. The molecule has 1 saturated heterocycles. The van der Waals surface area contributed by atoms with Crippen molar-refractivity contribution >= 4 is 10.0 Å². The molecular formula is C10H14F3N3O3S. The highest BCUT2D eigenvalue weighted by atomic mass is 32.2. The number of rotatable bonds is 3. The van der Waals surface area contributed by atoms with Crippen LogP contribution in [0.1, 0.15) is 18.4 Å². The van der Waals surface area contributed by atoms with Gasteiger partial charge in [0.25, 0.3) is 10.0 Å². The topological polar surface area (TPSA) is 86.3 Å². The number of nitrogens with one attached hydrogen (secondary N) is 1. The molecule has 2 N–H and O–H groups in total. The standard InChI is InChI=1S/C10H14F3N3O3S/c11-10(12,13)8-2-1-3-16(5-8)20(18,19)9-7(6-17)4-14-15-9/h4,8,17H,1-3,5-6H2,(H,14,15). The van der Waals surface area contributed by atoms with E-state index < -0.39 is 35.3 Å². The van der Waals surface area contributed by atoms with Crippen molar-refractivity contribution in [2.75, 3.05) is 13.1 Å². The van der Waals surface area contributed by atoms with Crippen LogP contribution in [0.5, 0.6) is 0 Å². The first-order chi connectivity index (χ1) is 9.26. The Morgan fingerprint density at radius 3 is 2.80 bits per heavy atom. The first-order valence-electron chi connectivity index (χ1n) is 5.96. The highest BCUT2D eigenvalue weighted by molar-refractivity contribution is 7.89. The van der Waals surface area contributed by atoms with Crippen LogP contribution in [0, 0.1) is 5.92 Å². The molecule has 0 spiro atoms. The summed E-state index contributed by atoms with van der Waals surface area (Å²) < 4.78 is 63.5. The normalized spacial score (nSPS) is 22.1. The van der Waals surface area contributed by atoms with Crippen molar-refractivity contribution in [1.82, 2.24) is 14.5 Å². The monoisotopic (exact) mass is 313 g/mol. The van der Waals surface area contributed by atoms with Crippen LogP contribution in [0.3, 0.4) is 0 Å². The Morgan fingerprint density at radius 1 is 1.50 bits per heavy atom. The van der Waals surface area contributed by atoms with Gasteiger partial charge in [-0.1, -0.05) is 0 Å². The van der Waals surface area contributed by atoms with E-state index in [1.165, 1.54) is 0 Å². The predicted octanol–water partition coefficient (Wildman–Crippen LogP) is 0.865. The summed E-state index contributed by atoms with van der Waals surface area (Å²) in [4.78, 5) is 0. The SMILES string of the molecule is O=S(=O)(c1[nH]ncc1CO)N1CCCC(C(F)(F)F)C1. The maximum absolute atomic E-state index is 12.7. The van der Waals surface area contributed by atoms with Gasteiger partial charge in [-0.05, 0) is 12.8 Å². The average Bonchev–Trinajstić information content (AvgIpc) is 2.87. The highest BCUT2D eigenvalue weighted by Crippen LogP contribution is 2.35. The number of H-pyrrole nitrogens is 1. The first-order valence-corrected chi connectivity index (χ1v) is 7.40. The van der Waals surface area contributed by atoms with Gasteiger partial charge >= 0.3 is 6.18 Å². The lowest BCUT2D eigenvalue weighted by molar-refractivity contribution is -0.182. The molecule has 1 unspecified atom stereocenters. The van der Waals surface area contributed by atoms with E-state index in [1.54, 1.807) is 0 Å². The lowest BCUT2D eigenvalue weighted by Gasteiger charge is -2.32. The number of halogens is 3. The van der Waals surface area contributed by atoms with Gasteiger partial charge in [0, 0.05) is 18.7 Å². The molecule has 0 bridgehead atoms. The fraction of sp³-hybridized carbons (Fsp3) is 0.700. The van der Waals surface area contributed by atoms with Gasteiger partial charge in [0.2, 0.25) is 0 Å². The van der Waals surface area contributed by atoms with E-state index in [-0.39, 0.29) is 30.0 Å². The van der Waals surface area contributed by atoms with Crippen LogP contribution in [0.25, 0.3) is 0 Å². The van der Waals surface area contributed by atoms with Crippen molar-refractivity contribution in [2.45, 2.75) is 30.7 Å². The minimum absolute atomic E-state index is 0.0266. The smallest absolute Gasteiger partial charge is 0.392 e. The summed E-state index contributed by atoms with van der Waals surface area (Å²) in [7, 11) is -4.10. The summed E-state index contributed by atoms with van der Waals surface area (Å²) >= 11 is 0. The maximum Gasteiger partial charge on any atom is 0.393 e. The number of hydrogen-bond donors (Lipinski definition) is 2. The van der Waals surface area contributed by atoms with Crippen molar-refractivity contribution in [1.29, 1.82) is 0 Å². The Hall–Kier alpha value is -1.13. The number of hydrogen-bond acceptors (Lipinski definition) is 4. The zero-order valence-electron chi connectivity index (χ0n) is 10.4. The quantitative estimate of drug-likeness (QED) is 0.867. The Labute approximate surface area is 113 Å². The molecule has 0 radical (unpaired) electrons. The highest BCUT2D eigenvalue weighted by Gasteiger charge is 2.44. The van der Waals surface area contributed by atoms with E-state index in [2.05, 4.69) is 10.2 Å². The number of alkyl halides is 3. The van der Waals surface area contributed by atoms with Gasteiger partial charge in [-0.25, -0.2) is 8.42 Å². The molecule has 1 aromatic heterocycles. The lowest BCUT2D eigenvalue weighted by Crippen LogP contribution is -2.44. The van der Waals surface area contributed by atoms with Crippen LogP contribution in [-0.2, 0) is 16.6 Å². The molecule has 0 aliphatic carbocycles. The van der Waals surface area contributed by atoms with Crippen LogP contribution in [0.4, 0.5) is 13.2 Å². The van der Waals surface area contributed by atoms with Gasteiger partial charge in [-0.2, -0.15) is 22.6 Å². The molecule has 1 aromatic rings. The average molecular weight is 313 g/mol. The summed E-state index contributed by atoms with van der Waals surface area (Å²) in [6, 6.07) is 0. The predicted molar refractivity (Wildman–Crippen MR) is 62.0 cm³/mol. The van der Waals surface area contributed by atoms with Crippen LogP contribution in [0.15, 0.2) is 11.2 Å². The van der Waals surface area contributed by atoms with E-state index in [9.17, 15) is 21.6 Å². The molecule has 2 rings (SSSR count). The largest absolute Gasteiger partial charge is 0.393 e. The second-order valence-electron chi connectivity index (χ2n) is 4.63. The van der Waals surface area contributed by atoms with Gasteiger partial charge in [-0.15, -0.1) is 0 Å². The van der Waals surface area contributed by atoms with Crippen molar-refractivity contribution in [3.63, 3.8) is 0 Å². The molecule has 6 nitrogen and oxygen atoms in total.